The van der Waals surface area contributed by atoms with Gasteiger partial charge in [0.05, 0.1) is 4.92 Å². The second-order valence-electron chi connectivity index (χ2n) is 4.80. The number of carbonyl (C=O) groups is 1. The number of carbonyl (C=O) groups excluding carboxylic acids is 1. The number of hydrogen-bond donors (Lipinski definition) is 1. The van der Waals surface area contributed by atoms with E-state index < -0.39 is 4.92 Å². The predicted octanol–water partition coefficient (Wildman–Crippen LogP) is 3.27. The molecule has 6 nitrogen and oxygen atoms in total. The second kappa shape index (κ2) is 6.13. The number of halogens is 1. The van der Waals surface area contributed by atoms with E-state index in [2.05, 4.69) is 26.2 Å². The number of benzene rings is 2. The van der Waals surface area contributed by atoms with Gasteiger partial charge in [-0.2, -0.15) is 0 Å². The highest BCUT2D eigenvalue weighted by molar-refractivity contribution is 9.10. The van der Waals surface area contributed by atoms with Gasteiger partial charge in [0.2, 0.25) is 0 Å². The van der Waals surface area contributed by atoms with Gasteiger partial charge >= 0.3 is 0 Å². The molecule has 2 aromatic rings. The van der Waals surface area contributed by atoms with E-state index in [0.717, 1.165) is 10.0 Å². The van der Waals surface area contributed by atoms with E-state index >= 15 is 0 Å². The molecule has 114 valence electrons. The Kier molecular flexibility index (Phi) is 4.03. The smallest absolute Gasteiger partial charge is 0.275 e. The fraction of sp³-hybridized carbons (Fsp3) is 0. The standard InChI is InChI=1S/C16H10BrN3O3/c17-12-5-3-11(4-6-12)15-18-14(16(21)19-15)9-10-1-7-13(8-2-10)20(22)23/h1-9H,(H,18,19,21)/b14-9+. The van der Waals surface area contributed by atoms with Crippen LogP contribution in [0, 0.1) is 10.1 Å². The lowest BCUT2D eigenvalue weighted by Gasteiger charge is -1.99. The Morgan fingerprint density at radius 2 is 1.74 bits per heavy atom. The van der Waals surface area contributed by atoms with Gasteiger partial charge < -0.3 is 5.32 Å². The van der Waals surface area contributed by atoms with Crippen LogP contribution < -0.4 is 5.32 Å². The van der Waals surface area contributed by atoms with Gasteiger partial charge in [-0.1, -0.05) is 28.1 Å². The fourth-order valence-electron chi connectivity index (χ4n) is 2.06. The molecule has 0 spiro atoms. The Morgan fingerprint density at radius 3 is 2.35 bits per heavy atom. The molecule has 0 fully saturated rings. The largest absolute Gasteiger partial charge is 0.305 e. The molecule has 1 heterocycles. The van der Waals surface area contributed by atoms with Crippen LogP contribution in [0.15, 0.2) is 63.7 Å². The van der Waals surface area contributed by atoms with Crippen molar-refractivity contribution < 1.29 is 9.72 Å². The molecule has 23 heavy (non-hydrogen) atoms. The summed E-state index contributed by atoms with van der Waals surface area (Å²) in [4.78, 5) is 26.4. The van der Waals surface area contributed by atoms with Gasteiger partial charge in [-0.05, 0) is 35.9 Å². The van der Waals surface area contributed by atoms with Gasteiger partial charge in [-0.15, -0.1) is 0 Å². The van der Waals surface area contributed by atoms with E-state index in [1.807, 2.05) is 24.3 Å². The Hall–Kier alpha value is -2.80. The topological polar surface area (TPSA) is 84.6 Å². The van der Waals surface area contributed by atoms with E-state index in [1.165, 1.54) is 12.1 Å². The van der Waals surface area contributed by atoms with Gasteiger partial charge in [0.25, 0.3) is 11.6 Å². The summed E-state index contributed by atoms with van der Waals surface area (Å²) in [6, 6.07) is 13.3. The van der Waals surface area contributed by atoms with Crippen LogP contribution in [0.4, 0.5) is 5.69 Å². The number of nitro groups is 1. The molecule has 2 aromatic carbocycles. The van der Waals surface area contributed by atoms with Crippen molar-refractivity contribution in [3.8, 4) is 0 Å². The van der Waals surface area contributed by atoms with Crippen LogP contribution in [0.2, 0.25) is 0 Å². The molecule has 1 aliphatic rings. The van der Waals surface area contributed by atoms with Crippen LogP contribution in [-0.4, -0.2) is 16.7 Å². The number of nitrogens with one attached hydrogen (secondary N) is 1. The molecular weight excluding hydrogens is 362 g/mol. The number of amides is 1. The minimum Gasteiger partial charge on any atom is -0.305 e. The molecule has 0 saturated heterocycles. The third kappa shape index (κ3) is 3.35. The number of nitro benzene ring substituents is 1. The predicted molar refractivity (Wildman–Crippen MR) is 89.9 cm³/mol. The maximum atomic E-state index is 12.0. The average Bonchev–Trinajstić information content (AvgIpc) is 2.89. The normalized spacial score (nSPS) is 15.4. The van der Waals surface area contributed by atoms with Crippen molar-refractivity contribution >= 4 is 39.4 Å². The zero-order valence-electron chi connectivity index (χ0n) is 11.7. The van der Waals surface area contributed by atoms with Crippen LogP contribution in [0.3, 0.4) is 0 Å². The first kappa shape index (κ1) is 15.1. The highest BCUT2D eigenvalue weighted by Gasteiger charge is 2.21. The van der Waals surface area contributed by atoms with E-state index in [1.54, 1.807) is 18.2 Å². The molecule has 1 aliphatic heterocycles. The lowest BCUT2D eigenvalue weighted by molar-refractivity contribution is -0.384. The minimum absolute atomic E-state index is 0.00192. The van der Waals surface area contributed by atoms with Crippen molar-refractivity contribution in [2.24, 2.45) is 4.99 Å². The lowest BCUT2D eigenvalue weighted by atomic mass is 10.2. The third-order valence-electron chi connectivity index (χ3n) is 3.22. The van der Waals surface area contributed by atoms with Gasteiger partial charge in [0.15, 0.2) is 0 Å². The summed E-state index contributed by atoms with van der Waals surface area (Å²) < 4.78 is 0.938. The van der Waals surface area contributed by atoms with E-state index in [9.17, 15) is 14.9 Å². The minimum atomic E-state index is -0.469. The van der Waals surface area contributed by atoms with E-state index in [0.29, 0.717) is 11.4 Å². The quantitative estimate of drug-likeness (QED) is 0.510. The zero-order valence-corrected chi connectivity index (χ0v) is 13.3. The van der Waals surface area contributed by atoms with Crippen LogP contribution in [0.25, 0.3) is 6.08 Å². The molecule has 0 unspecified atom stereocenters. The molecular formula is C16H10BrN3O3. The summed E-state index contributed by atoms with van der Waals surface area (Å²) >= 11 is 3.35. The molecule has 3 rings (SSSR count). The first-order valence-corrected chi connectivity index (χ1v) is 7.44. The number of amidine groups is 1. The number of non-ortho nitro benzene ring substituents is 1. The van der Waals surface area contributed by atoms with Gasteiger partial charge in [0, 0.05) is 22.2 Å². The molecule has 0 aromatic heterocycles. The average molecular weight is 372 g/mol. The summed E-state index contributed by atoms with van der Waals surface area (Å²) in [6.45, 7) is 0. The molecule has 7 heteroatoms. The summed E-state index contributed by atoms with van der Waals surface area (Å²) in [7, 11) is 0. The van der Waals surface area contributed by atoms with Crippen LogP contribution in [-0.2, 0) is 4.79 Å². The molecule has 0 saturated carbocycles. The van der Waals surface area contributed by atoms with Crippen molar-refractivity contribution in [1.29, 1.82) is 0 Å². The molecule has 1 N–H and O–H groups in total. The summed E-state index contributed by atoms with van der Waals surface area (Å²) in [6.07, 6.45) is 1.59. The Labute approximate surface area is 139 Å². The molecule has 0 aliphatic carbocycles. The summed E-state index contributed by atoms with van der Waals surface area (Å²) in [5, 5.41) is 13.3. The molecule has 0 bridgehead atoms. The number of hydrogen-bond acceptors (Lipinski definition) is 4. The van der Waals surface area contributed by atoms with Crippen molar-refractivity contribution in [2.75, 3.05) is 0 Å². The number of nitrogens with zero attached hydrogens (tertiary/aromatic N) is 2. The van der Waals surface area contributed by atoms with Crippen LogP contribution >= 0.6 is 15.9 Å². The lowest BCUT2D eigenvalue weighted by Crippen LogP contribution is -2.24. The van der Waals surface area contributed by atoms with Crippen LogP contribution in [0.1, 0.15) is 11.1 Å². The van der Waals surface area contributed by atoms with Gasteiger partial charge in [0.1, 0.15) is 11.5 Å². The Balaban J connectivity index is 1.88. The van der Waals surface area contributed by atoms with Crippen molar-refractivity contribution in [1.82, 2.24) is 5.32 Å². The zero-order chi connectivity index (χ0) is 16.4. The summed E-state index contributed by atoms with van der Waals surface area (Å²) in [5.74, 6) is 0.178. The first-order chi connectivity index (χ1) is 11.0. The SMILES string of the molecule is O=C1NC(c2ccc(Br)cc2)=N/C1=C/c1ccc([N+](=O)[O-])cc1. The molecule has 0 atom stereocenters. The molecule has 0 radical (unpaired) electrons. The highest BCUT2D eigenvalue weighted by Crippen LogP contribution is 2.18. The first-order valence-electron chi connectivity index (χ1n) is 6.65. The molecule has 1 amide bonds. The maximum absolute atomic E-state index is 12.0. The maximum Gasteiger partial charge on any atom is 0.275 e. The number of aliphatic imine (C=N–C) groups is 1. The number of rotatable bonds is 3. The van der Waals surface area contributed by atoms with Crippen molar-refractivity contribution in [2.45, 2.75) is 0 Å². The third-order valence-corrected chi connectivity index (χ3v) is 3.75. The summed E-state index contributed by atoms with van der Waals surface area (Å²) in [5.41, 5.74) is 1.73. The highest BCUT2D eigenvalue weighted by atomic mass is 79.9. The second-order valence-corrected chi connectivity index (χ2v) is 5.72. The van der Waals surface area contributed by atoms with Crippen molar-refractivity contribution in [3.05, 3.63) is 79.9 Å². The Morgan fingerprint density at radius 1 is 1.09 bits per heavy atom. The monoisotopic (exact) mass is 371 g/mol. The van der Waals surface area contributed by atoms with Crippen molar-refractivity contribution in [3.63, 3.8) is 0 Å². The van der Waals surface area contributed by atoms with Gasteiger partial charge in [-0.3, -0.25) is 14.9 Å². The van der Waals surface area contributed by atoms with Gasteiger partial charge in [-0.25, -0.2) is 4.99 Å². The van der Waals surface area contributed by atoms with E-state index in [4.69, 9.17) is 0 Å². The fourth-order valence-corrected chi connectivity index (χ4v) is 2.33. The Bertz CT molecular complexity index is 840. The van der Waals surface area contributed by atoms with E-state index in [-0.39, 0.29) is 17.3 Å². The van der Waals surface area contributed by atoms with Crippen LogP contribution in [0.5, 0.6) is 0 Å².